The second kappa shape index (κ2) is 6.66. The van der Waals surface area contributed by atoms with Gasteiger partial charge in [-0.2, -0.15) is 0 Å². The molecule has 0 heterocycles. The second-order valence-electron chi connectivity index (χ2n) is 2.55. The summed E-state index contributed by atoms with van der Waals surface area (Å²) in [5, 5.41) is 9.40. The first-order valence-electron chi connectivity index (χ1n) is 3.94. The maximum absolute atomic E-state index is 9.40. The topological polar surface area (TPSA) is 46.2 Å². The molecule has 1 aliphatic carbocycles. The van der Waals surface area contributed by atoms with E-state index < -0.39 is 6.10 Å². The molecule has 3 N–H and O–H groups in total. The molecule has 0 aromatic rings. The molecule has 0 fully saturated rings. The van der Waals surface area contributed by atoms with E-state index in [0.717, 1.165) is 5.57 Å². The molecule has 0 radical (unpaired) electrons. The molecule has 0 saturated heterocycles. The molecule has 1 aliphatic rings. The Hall–Kier alpha value is -0.830. The summed E-state index contributed by atoms with van der Waals surface area (Å²) in [6, 6.07) is 0. The number of hydrogen-bond acceptors (Lipinski definition) is 2. The highest BCUT2D eigenvalue weighted by molar-refractivity contribution is 5.85. The zero-order chi connectivity index (χ0) is 8.81. The van der Waals surface area contributed by atoms with Crippen LogP contribution in [0.3, 0.4) is 0 Å². The summed E-state index contributed by atoms with van der Waals surface area (Å²) in [6.45, 7) is 0.258. The van der Waals surface area contributed by atoms with Crippen molar-refractivity contribution >= 4 is 12.4 Å². The van der Waals surface area contributed by atoms with Gasteiger partial charge >= 0.3 is 0 Å². The van der Waals surface area contributed by atoms with E-state index in [-0.39, 0.29) is 19.0 Å². The van der Waals surface area contributed by atoms with Crippen LogP contribution in [0, 0.1) is 0 Å². The zero-order valence-corrected chi connectivity index (χ0v) is 8.08. The van der Waals surface area contributed by atoms with Gasteiger partial charge in [0, 0.05) is 6.54 Å². The van der Waals surface area contributed by atoms with E-state index >= 15 is 0 Å². The lowest BCUT2D eigenvalue weighted by Crippen LogP contribution is -2.21. The van der Waals surface area contributed by atoms with Crippen molar-refractivity contribution in [1.29, 1.82) is 0 Å². The third-order valence-electron chi connectivity index (χ3n) is 1.63. The molecule has 0 aromatic carbocycles. The van der Waals surface area contributed by atoms with Gasteiger partial charge in [0.25, 0.3) is 0 Å². The summed E-state index contributed by atoms with van der Waals surface area (Å²) in [4.78, 5) is 0. The lowest BCUT2D eigenvalue weighted by Gasteiger charge is -2.07. The van der Waals surface area contributed by atoms with Gasteiger partial charge < -0.3 is 10.8 Å². The lowest BCUT2D eigenvalue weighted by atomic mass is 10.1. The molecular weight excluding hydrogens is 186 g/mol. The summed E-state index contributed by atoms with van der Waals surface area (Å²) in [5.41, 5.74) is 6.17. The fraction of sp³-hybridized carbons (Fsp3) is 0.200. The summed E-state index contributed by atoms with van der Waals surface area (Å²) in [7, 11) is 0. The summed E-state index contributed by atoms with van der Waals surface area (Å²) < 4.78 is 0. The molecule has 2 nitrogen and oxygen atoms in total. The number of nitrogens with two attached hydrogens (primary N) is 1. The van der Waals surface area contributed by atoms with Crippen molar-refractivity contribution in [2.45, 2.75) is 6.10 Å². The van der Waals surface area contributed by atoms with Gasteiger partial charge in [0.15, 0.2) is 0 Å². The van der Waals surface area contributed by atoms with Crippen molar-refractivity contribution in [3.8, 4) is 0 Å². The molecular formula is C10H14ClNO. The van der Waals surface area contributed by atoms with E-state index in [4.69, 9.17) is 5.73 Å². The van der Waals surface area contributed by atoms with E-state index in [9.17, 15) is 5.11 Å². The van der Waals surface area contributed by atoms with Crippen LogP contribution in [0.4, 0.5) is 0 Å². The lowest BCUT2D eigenvalue weighted by molar-refractivity contribution is 0.223. The van der Waals surface area contributed by atoms with E-state index in [1.807, 2.05) is 42.5 Å². The number of aliphatic hydroxyl groups is 1. The number of halogens is 1. The minimum absolute atomic E-state index is 0. The maximum atomic E-state index is 9.40. The SMILES string of the molecule is Cl.NCC(O)C1=C/C=C\C=C/C=C\1. The van der Waals surface area contributed by atoms with E-state index in [0.29, 0.717) is 0 Å². The first kappa shape index (κ1) is 12.2. The van der Waals surface area contributed by atoms with E-state index in [1.54, 1.807) is 0 Å². The van der Waals surface area contributed by atoms with Crippen molar-refractivity contribution in [2.24, 2.45) is 5.73 Å². The predicted molar refractivity (Wildman–Crippen MR) is 57.8 cm³/mol. The Bertz CT molecular complexity index is 254. The normalized spacial score (nSPS) is 28.3. The highest BCUT2D eigenvalue weighted by atomic mass is 35.5. The van der Waals surface area contributed by atoms with Crippen LogP contribution in [0.2, 0.25) is 0 Å². The molecule has 0 saturated carbocycles. The molecule has 0 amide bonds. The smallest absolute Gasteiger partial charge is 0.0912 e. The zero-order valence-electron chi connectivity index (χ0n) is 7.26. The third-order valence-corrected chi connectivity index (χ3v) is 1.63. The largest absolute Gasteiger partial charge is 0.387 e. The van der Waals surface area contributed by atoms with Crippen LogP contribution >= 0.6 is 12.4 Å². The van der Waals surface area contributed by atoms with Crippen molar-refractivity contribution in [3.63, 3.8) is 0 Å². The van der Waals surface area contributed by atoms with Gasteiger partial charge in [0.2, 0.25) is 0 Å². The number of aliphatic hydroxyl groups excluding tert-OH is 1. The van der Waals surface area contributed by atoms with Crippen molar-refractivity contribution < 1.29 is 5.11 Å². The summed E-state index contributed by atoms with van der Waals surface area (Å²) in [5.74, 6) is 0. The average Bonchev–Trinajstić information content (AvgIpc) is 2.02. The van der Waals surface area contributed by atoms with Gasteiger partial charge in [0.1, 0.15) is 0 Å². The standard InChI is InChI=1S/C10H13NO.ClH/c11-8-10(12)9-6-4-2-1-3-5-7-9;/h1-7,10,12H,8,11H2;1H/b2-1-,3-1?,4-2?,5-3-,6-4-,7-5?,9-6?,9-7+;. The van der Waals surface area contributed by atoms with E-state index in [1.165, 1.54) is 0 Å². The summed E-state index contributed by atoms with van der Waals surface area (Å²) >= 11 is 0. The first-order valence-corrected chi connectivity index (χ1v) is 3.94. The fourth-order valence-corrected chi connectivity index (χ4v) is 0.940. The average molecular weight is 200 g/mol. The minimum Gasteiger partial charge on any atom is -0.387 e. The third kappa shape index (κ3) is 4.08. The maximum Gasteiger partial charge on any atom is 0.0912 e. The Morgan fingerprint density at radius 2 is 1.77 bits per heavy atom. The molecule has 1 unspecified atom stereocenters. The Morgan fingerprint density at radius 1 is 1.15 bits per heavy atom. The fourth-order valence-electron chi connectivity index (χ4n) is 0.940. The quantitative estimate of drug-likeness (QED) is 0.705. The van der Waals surface area contributed by atoms with Crippen LogP contribution in [0.15, 0.2) is 48.1 Å². The van der Waals surface area contributed by atoms with Gasteiger partial charge in [-0.15, -0.1) is 12.4 Å². The van der Waals surface area contributed by atoms with Crippen LogP contribution < -0.4 is 5.73 Å². The molecule has 13 heavy (non-hydrogen) atoms. The summed E-state index contributed by atoms with van der Waals surface area (Å²) in [6.07, 6.45) is 12.7. The Balaban J connectivity index is 0.00000144. The monoisotopic (exact) mass is 199 g/mol. The van der Waals surface area contributed by atoms with Gasteiger partial charge in [-0.05, 0) is 5.57 Å². The van der Waals surface area contributed by atoms with Gasteiger partial charge in [-0.25, -0.2) is 0 Å². The highest BCUT2D eigenvalue weighted by Crippen LogP contribution is 2.05. The van der Waals surface area contributed by atoms with E-state index in [2.05, 4.69) is 0 Å². The molecule has 3 heteroatoms. The predicted octanol–water partition coefficient (Wildman–Crippen LogP) is 1.34. The second-order valence-corrected chi connectivity index (χ2v) is 2.55. The molecule has 0 aromatic heterocycles. The number of hydrogen-bond donors (Lipinski definition) is 2. The Labute approximate surface area is 84.5 Å². The number of allylic oxidation sites excluding steroid dienone is 6. The van der Waals surface area contributed by atoms with Crippen molar-refractivity contribution in [3.05, 3.63) is 48.1 Å². The van der Waals surface area contributed by atoms with Crippen LogP contribution in [0.1, 0.15) is 0 Å². The number of rotatable bonds is 2. The van der Waals surface area contributed by atoms with Crippen molar-refractivity contribution in [2.75, 3.05) is 6.54 Å². The Kier molecular flexibility index (Phi) is 6.24. The highest BCUT2D eigenvalue weighted by Gasteiger charge is 2.03. The van der Waals surface area contributed by atoms with Gasteiger partial charge in [-0.3, -0.25) is 0 Å². The molecule has 1 atom stereocenters. The van der Waals surface area contributed by atoms with Crippen LogP contribution in [-0.2, 0) is 0 Å². The first-order chi connectivity index (χ1) is 5.84. The molecule has 0 spiro atoms. The van der Waals surface area contributed by atoms with Gasteiger partial charge in [-0.1, -0.05) is 42.5 Å². The minimum atomic E-state index is -0.558. The van der Waals surface area contributed by atoms with Crippen LogP contribution in [0.5, 0.6) is 0 Å². The van der Waals surface area contributed by atoms with Gasteiger partial charge in [0.05, 0.1) is 6.10 Å². The molecule has 1 rings (SSSR count). The Morgan fingerprint density at radius 3 is 2.46 bits per heavy atom. The van der Waals surface area contributed by atoms with Crippen LogP contribution in [-0.4, -0.2) is 17.8 Å². The molecule has 0 aliphatic heterocycles. The molecule has 72 valence electrons. The van der Waals surface area contributed by atoms with Crippen molar-refractivity contribution in [1.82, 2.24) is 0 Å². The van der Waals surface area contributed by atoms with Crippen LogP contribution in [0.25, 0.3) is 0 Å². The molecule has 0 bridgehead atoms.